The molecule has 0 aromatic heterocycles. The number of phosphoric acid groups is 3. The van der Waals surface area contributed by atoms with Gasteiger partial charge in [-0.25, -0.2) is 18.5 Å². The van der Waals surface area contributed by atoms with Gasteiger partial charge in [-0.1, -0.05) is 89.9 Å². The highest BCUT2D eigenvalue weighted by Gasteiger charge is 2.56. The first-order valence-corrected chi connectivity index (χ1v) is 22.8. The molecule has 0 radical (unpaired) electrons. The largest absolute Gasteiger partial charge is 0.472 e. The summed E-state index contributed by atoms with van der Waals surface area (Å²) in [6.07, 6.45) is -2.80. The van der Waals surface area contributed by atoms with Crippen LogP contribution >= 0.6 is 23.5 Å². The molecule has 0 spiro atoms. The molecule has 0 bridgehead atoms. The Morgan fingerprint density at radius 1 is 0.596 bits per heavy atom. The van der Waals surface area contributed by atoms with Crippen molar-refractivity contribution in [3.63, 3.8) is 0 Å². The molecule has 8 N–H and O–H groups in total. The second kappa shape index (κ2) is 28.0. The summed E-state index contributed by atoms with van der Waals surface area (Å²) in [6, 6.07) is 0. The summed E-state index contributed by atoms with van der Waals surface area (Å²) in [5.41, 5.74) is 0. The van der Waals surface area contributed by atoms with Gasteiger partial charge in [0.15, 0.2) is 6.10 Å². The van der Waals surface area contributed by atoms with Crippen molar-refractivity contribution in [2.75, 3.05) is 13.2 Å². The first-order chi connectivity index (χ1) is 26.8. The summed E-state index contributed by atoms with van der Waals surface area (Å²) >= 11 is 0. The molecular formula is C35H53O19P3. The maximum absolute atomic E-state index is 12.9. The summed E-state index contributed by atoms with van der Waals surface area (Å²) in [4.78, 5) is 72.1. The normalized spacial score (nSPS) is 22.1. The fourth-order valence-corrected chi connectivity index (χ4v) is 7.43. The third kappa shape index (κ3) is 24.8. The summed E-state index contributed by atoms with van der Waals surface area (Å²) in [6.45, 7) is 1.99. The summed E-state index contributed by atoms with van der Waals surface area (Å²) in [5, 5.41) is 31.6. The highest BCUT2D eigenvalue weighted by Crippen LogP contribution is 2.51. The van der Waals surface area contributed by atoms with Crippen LogP contribution in [0.1, 0.15) is 104 Å². The average molecular weight is 871 g/mol. The molecule has 1 fully saturated rings. The molecule has 0 aliphatic heterocycles. The Labute approximate surface area is 332 Å². The number of ether oxygens (including phenoxy) is 2. The second-order valence-electron chi connectivity index (χ2n) is 12.8. The topological polar surface area (TPSA) is 303 Å². The molecule has 57 heavy (non-hydrogen) atoms. The van der Waals surface area contributed by atoms with Crippen LogP contribution < -0.4 is 0 Å². The molecule has 22 heteroatoms. The number of aliphatic hydroxyl groups is 3. The number of hydrogen-bond acceptors (Lipinski definition) is 14. The number of carbonyl (C=O) groups excluding carboxylic acids is 2. The van der Waals surface area contributed by atoms with E-state index in [1.54, 1.807) is 6.92 Å². The predicted molar refractivity (Wildman–Crippen MR) is 200 cm³/mol. The van der Waals surface area contributed by atoms with Gasteiger partial charge in [-0.3, -0.25) is 22.9 Å². The Morgan fingerprint density at radius 2 is 1.05 bits per heavy atom. The van der Waals surface area contributed by atoms with Gasteiger partial charge >= 0.3 is 35.4 Å². The van der Waals surface area contributed by atoms with Crippen molar-refractivity contribution >= 4 is 35.4 Å². The van der Waals surface area contributed by atoms with E-state index in [2.05, 4.69) is 57.4 Å². The Hall–Kier alpha value is -2.61. The number of phosphoric ester groups is 3. The van der Waals surface area contributed by atoms with Crippen LogP contribution in [0.15, 0.2) is 0 Å². The van der Waals surface area contributed by atoms with E-state index in [9.17, 15) is 53.3 Å². The molecule has 322 valence electrons. The number of aliphatic hydroxyl groups excluding tert-OH is 3. The lowest BCUT2D eigenvalue weighted by Gasteiger charge is -2.44. The van der Waals surface area contributed by atoms with E-state index < -0.39 is 91.3 Å². The van der Waals surface area contributed by atoms with Crippen LogP contribution in [0.3, 0.4) is 0 Å². The van der Waals surface area contributed by atoms with Crippen molar-refractivity contribution in [1.29, 1.82) is 0 Å². The van der Waals surface area contributed by atoms with E-state index in [-0.39, 0.29) is 6.42 Å². The first-order valence-electron chi connectivity index (χ1n) is 18.3. The van der Waals surface area contributed by atoms with Gasteiger partial charge in [-0.15, -0.1) is 0 Å². The van der Waals surface area contributed by atoms with Crippen molar-refractivity contribution in [3.8, 4) is 47.4 Å². The highest BCUT2D eigenvalue weighted by molar-refractivity contribution is 7.47. The van der Waals surface area contributed by atoms with Crippen LogP contribution in [0, 0.1) is 47.4 Å². The third-order valence-corrected chi connectivity index (χ3v) is 10.0. The van der Waals surface area contributed by atoms with Gasteiger partial charge < -0.3 is 49.3 Å². The molecular weight excluding hydrogens is 817 g/mol. The number of rotatable bonds is 26. The van der Waals surface area contributed by atoms with Crippen molar-refractivity contribution in [2.45, 2.75) is 146 Å². The maximum atomic E-state index is 12.9. The molecule has 0 saturated heterocycles. The fraction of sp³-hybridized carbons (Fsp3) is 0.714. The zero-order valence-corrected chi connectivity index (χ0v) is 34.4. The summed E-state index contributed by atoms with van der Waals surface area (Å²) < 4.78 is 64.3. The van der Waals surface area contributed by atoms with Gasteiger partial charge in [-0.05, 0) is 48.9 Å². The minimum Gasteiger partial charge on any atom is -0.456 e. The van der Waals surface area contributed by atoms with Crippen LogP contribution in [0.2, 0.25) is 0 Å². The van der Waals surface area contributed by atoms with Crippen LogP contribution in [0.25, 0.3) is 0 Å². The Balaban J connectivity index is 2.91. The van der Waals surface area contributed by atoms with E-state index in [0.29, 0.717) is 6.42 Å². The number of unbranched alkanes of at least 4 members (excludes halogenated alkanes) is 12. The smallest absolute Gasteiger partial charge is 0.456 e. The molecule has 1 aliphatic rings. The molecule has 6 unspecified atom stereocenters. The molecule has 0 aromatic rings. The molecule has 1 saturated carbocycles. The van der Waals surface area contributed by atoms with Gasteiger partial charge in [0.1, 0.15) is 43.2 Å². The zero-order valence-electron chi connectivity index (χ0n) is 31.8. The summed E-state index contributed by atoms with van der Waals surface area (Å²) in [7, 11) is -16.7. The van der Waals surface area contributed by atoms with Crippen LogP contribution in [-0.4, -0.2) is 108 Å². The molecule has 8 atom stereocenters. The number of esters is 2. The van der Waals surface area contributed by atoms with E-state index in [1.165, 1.54) is 44.9 Å². The summed E-state index contributed by atoms with van der Waals surface area (Å²) in [5.74, 6) is 16.6. The maximum Gasteiger partial charge on any atom is 0.472 e. The van der Waals surface area contributed by atoms with Crippen LogP contribution in [0.5, 0.6) is 0 Å². The van der Waals surface area contributed by atoms with Crippen LogP contribution in [-0.2, 0) is 50.9 Å². The van der Waals surface area contributed by atoms with Crippen molar-refractivity contribution in [1.82, 2.24) is 0 Å². The lowest BCUT2D eigenvalue weighted by molar-refractivity contribution is -0.213. The van der Waals surface area contributed by atoms with Crippen molar-refractivity contribution in [3.05, 3.63) is 0 Å². The van der Waals surface area contributed by atoms with Gasteiger partial charge in [-0.2, -0.15) is 0 Å². The van der Waals surface area contributed by atoms with Gasteiger partial charge in [0, 0.05) is 12.3 Å². The minimum absolute atomic E-state index is 0.0640. The second-order valence-corrected chi connectivity index (χ2v) is 16.5. The van der Waals surface area contributed by atoms with Crippen molar-refractivity contribution < 1.29 is 90.6 Å². The fourth-order valence-electron chi connectivity index (χ4n) is 5.34. The zero-order chi connectivity index (χ0) is 42.9. The monoisotopic (exact) mass is 870 g/mol. The Kier molecular flexibility index (Phi) is 25.7. The van der Waals surface area contributed by atoms with Crippen molar-refractivity contribution in [2.24, 2.45) is 0 Å². The lowest BCUT2D eigenvalue weighted by atomic mass is 9.85. The van der Waals surface area contributed by atoms with Gasteiger partial charge in [0.25, 0.3) is 0 Å². The predicted octanol–water partition coefficient (Wildman–Crippen LogP) is 2.51. The SMILES string of the molecule is CC#CC#CC#CC#CC(=O)OC[C@@H](COP(=O)(O)OC1C(O)C(OP(=O)(O)O)C(OP(=O)(O)O)[C@H](O)C1O)OC(=O)CCCCCCCCCCCCCCC. The Morgan fingerprint density at radius 3 is 1.56 bits per heavy atom. The number of carbonyl (C=O) groups is 2. The van der Waals surface area contributed by atoms with E-state index in [4.69, 9.17) is 28.3 Å². The van der Waals surface area contributed by atoms with Gasteiger partial charge in [0.2, 0.25) is 0 Å². The van der Waals surface area contributed by atoms with Gasteiger partial charge in [0.05, 0.1) is 6.61 Å². The highest BCUT2D eigenvalue weighted by atomic mass is 31.2. The third-order valence-electron chi connectivity index (χ3n) is 8.00. The lowest BCUT2D eigenvalue weighted by Crippen LogP contribution is -2.65. The average Bonchev–Trinajstić information content (AvgIpc) is 3.12. The van der Waals surface area contributed by atoms with E-state index in [1.807, 2.05) is 5.92 Å². The minimum atomic E-state index is -5.61. The molecule has 0 aromatic carbocycles. The molecule has 0 heterocycles. The molecule has 1 rings (SSSR count). The number of hydrogen-bond donors (Lipinski definition) is 8. The van der Waals surface area contributed by atoms with E-state index >= 15 is 0 Å². The first kappa shape index (κ1) is 52.4. The standard InChI is InChI=1S/C35H53O19P3/c1-3-5-7-9-11-12-13-14-15-16-18-20-22-24-29(37)51-27(25-49-28(36)23-21-19-17-10-8-6-4-2)26-50-57(47,48)54-33-30(38)31(39)34(52-55(41,42)43)35(32(33)40)53-56(44,45)46/h27,30-35,38-40H,3,5,7,9,11-16,18,20,22,24-26H2,1-2H3,(H,47,48)(H2,41,42,43)(H2,44,45,46)/t27-,30?,31+,32?,33?,34?,35?/m0/s1. The molecule has 1 aliphatic carbocycles. The van der Waals surface area contributed by atoms with E-state index in [0.717, 1.165) is 32.1 Å². The van der Waals surface area contributed by atoms with Crippen LogP contribution in [0.4, 0.5) is 0 Å². The Bertz CT molecular complexity index is 1650. The quantitative estimate of drug-likeness (QED) is 0.0204. The molecule has 0 amide bonds. The molecule has 19 nitrogen and oxygen atoms in total.